The van der Waals surface area contributed by atoms with Crippen molar-refractivity contribution in [2.24, 2.45) is 5.84 Å². The Labute approximate surface area is 116 Å². The first-order valence-corrected chi connectivity index (χ1v) is 6.80. The van der Waals surface area contributed by atoms with Crippen LogP contribution in [0.25, 0.3) is 0 Å². The smallest absolute Gasteiger partial charge is 0.128 e. The maximum atomic E-state index is 14.0. The molecule has 1 aromatic rings. The molecule has 1 atom stereocenters. The average molecular weight is 319 g/mol. The second-order valence-electron chi connectivity index (χ2n) is 4.24. The number of rotatable bonds is 6. The Kier molecular flexibility index (Phi) is 5.72. The lowest BCUT2D eigenvalue weighted by molar-refractivity contribution is -0.0495. The van der Waals surface area contributed by atoms with Gasteiger partial charge in [-0.05, 0) is 31.0 Å². The molecule has 0 bridgehead atoms. The minimum atomic E-state index is -0.517. The van der Waals surface area contributed by atoms with Crippen molar-refractivity contribution in [2.45, 2.75) is 38.3 Å². The van der Waals surface area contributed by atoms with Crippen molar-refractivity contribution in [3.05, 3.63) is 34.1 Å². The summed E-state index contributed by atoms with van der Waals surface area (Å²) in [7, 11) is 1.63. The summed E-state index contributed by atoms with van der Waals surface area (Å²) in [5.74, 6) is 5.34. The molecule has 5 heteroatoms. The van der Waals surface area contributed by atoms with E-state index in [9.17, 15) is 4.39 Å². The Hall–Kier alpha value is -0.490. The van der Waals surface area contributed by atoms with Crippen molar-refractivity contribution >= 4 is 15.9 Å². The molecule has 0 heterocycles. The normalized spacial score (nSPS) is 13.7. The number of benzene rings is 1. The van der Waals surface area contributed by atoms with Crippen molar-refractivity contribution in [2.75, 3.05) is 7.11 Å². The van der Waals surface area contributed by atoms with Crippen molar-refractivity contribution in [3.63, 3.8) is 0 Å². The molecule has 18 heavy (non-hydrogen) atoms. The lowest BCUT2D eigenvalue weighted by Gasteiger charge is -2.38. The third-order valence-electron chi connectivity index (χ3n) is 3.57. The van der Waals surface area contributed by atoms with Gasteiger partial charge in [0.25, 0.3) is 0 Å². The topological polar surface area (TPSA) is 47.3 Å². The van der Waals surface area contributed by atoms with Gasteiger partial charge in [-0.2, -0.15) is 0 Å². The van der Waals surface area contributed by atoms with E-state index in [1.54, 1.807) is 19.2 Å². The van der Waals surface area contributed by atoms with Crippen molar-refractivity contribution in [1.29, 1.82) is 0 Å². The molecule has 0 radical (unpaired) electrons. The van der Waals surface area contributed by atoms with Gasteiger partial charge in [-0.25, -0.2) is 9.82 Å². The maximum absolute atomic E-state index is 14.0. The van der Waals surface area contributed by atoms with Crippen LogP contribution in [0, 0.1) is 5.82 Å². The summed E-state index contributed by atoms with van der Waals surface area (Å²) in [5.41, 5.74) is 2.69. The second-order valence-corrected chi connectivity index (χ2v) is 5.16. The van der Waals surface area contributed by atoms with Crippen LogP contribution in [0.2, 0.25) is 0 Å². The largest absolute Gasteiger partial charge is 0.376 e. The Morgan fingerprint density at radius 2 is 2.06 bits per heavy atom. The lowest BCUT2D eigenvalue weighted by Crippen LogP contribution is -2.47. The fourth-order valence-corrected chi connectivity index (χ4v) is 2.70. The van der Waals surface area contributed by atoms with Gasteiger partial charge in [0.15, 0.2) is 0 Å². The number of methoxy groups -OCH3 is 1. The summed E-state index contributed by atoms with van der Waals surface area (Å²) in [5, 5.41) is 0. The summed E-state index contributed by atoms with van der Waals surface area (Å²) >= 11 is 3.35. The highest BCUT2D eigenvalue weighted by Gasteiger charge is 2.37. The van der Waals surface area contributed by atoms with Gasteiger partial charge in [-0.15, -0.1) is 0 Å². The summed E-state index contributed by atoms with van der Waals surface area (Å²) < 4.78 is 20.4. The third-order valence-corrected chi connectivity index (χ3v) is 4.06. The first-order valence-electron chi connectivity index (χ1n) is 6.00. The molecule has 0 aromatic heterocycles. The monoisotopic (exact) mass is 318 g/mol. The molecule has 0 aliphatic heterocycles. The van der Waals surface area contributed by atoms with E-state index >= 15 is 0 Å². The van der Waals surface area contributed by atoms with E-state index in [0.717, 1.165) is 17.3 Å². The molecule has 0 spiro atoms. The van der Waals surface area contributed by atoms with Gasteiger partial charge in [0.05, 0.1) is 11.6 Å². The fourth-order valence-electron chi connectivity index (χ4n) is 2.33. The minimum Gasteiger partial charge on any atom is -0.376 e. The lowest BCUT2D eigenvalue weighted by atomic mass is 9.84. The van der Waals surface area contributed by atoms with Crippen LogP contribution in [-0.4, -0.2) is 12.7 Å². The first-order chi connectivity index (χ1) is 8.54. The van der Waals surface area contributed by atoms with E-state index in [2.05, 4.69) is 21.4 Å². The van der Waals surface area contributed by atoms with Crippen molar-refractivity contribution in [1.82, 2.24) is 5.43 Å². The molecule has 1 aromatic carbocycles. The third kappa shape index (κ3) is 2.91. The van der Waals surface area contributed by atoms with Gasteiger partial charge in [-0.3, -0.25) is 5.84 Å². The first kappa shape index (κ1) is 15.6. The van der Waals surface area contributed by atoms with E-state index in [1.807, 2.05) is 13.8 Å². The van der Waals surface area contributed by atoms with Gasteiger partial charge in [0, 0.05) is 17.1 Å². The number of nitrogens with one attached hydrogen (secondary N) is 1. The molecule has 0 aliphatic rings. The quantitative estimate of drug-likeness (QED) is 0.625. The number of hydrogen-bond donors (Lipinski definition) is 2. The minimum absolute atomic E-state index is 0.288. The van der Waals surface area contributed by atoms with Crippen LogP contribution in [0.3, 0.4) is 0 Å². The summed E-state index contributed by atoms with van der Waals surface area (Å²) in [6.07, 6.45) is 1.47. The zero-order chi connectivity index (χ0) is 13.8. The molecular weight excluding hydrogens is 299 g/mol. The van der Waals surface area contributed by atoms with Gasteiger partial charge >= 0.3 is 0 Å². The molecule has 0 fully saturated rings. The highest BCUT2D eigenvalue weighted by atomic mass is 79.9. The van der Waals surface area contributed by atoms with Gasteiger partial charge in [0.1, 0.15) is 5.82 Å². The van der Waals surface area contributed by atoms with E-state index in [0.29, 0.717) is 5.56 Å². The number of hydrogen-bond acceptors (Lipinski definition) is 3. The highest BCUT2D eigenvalue weighted by molar-refractivity contribution is 9.10. The number of halogens is 2. The van der Waals surface area contributed by atoms with Gasteiger partial charge in [0.2, 0.25) is 0 Å². The Morgan fingerprint density at radius 1 is 1.44 bits per heavy atom. The Balaban J connectivity index is 3.27. The van der Waals surface area contributed by atoms with Crippen LogP contribution >= 0.6 is 15.9 Å². The van der Waals surface area contributed by atoms with Crippen molar-refractivity contribution < 1.29 is 9.13 Å². The van der Waals surface area contributed by atoms with E-state index in [4.69, 9.17) is 10.6 Å². The van der Waals surface area contributed by atoms with Crippen LogP contribution in [0.5, 0.6) is 0 Å². The van der Waals surface area contributed by atoms with Crippen LogP contribution < -0.4 is 11.3 Å². The zero-order valence-corrected chi connectivity index (χ0v) is 12.6. The molecule has 1 rings (SSSR count). The van der Waals surface area contributed by atoms with Crippen molar-refractivity contribution in [3.8, 4) is 0 Å². The Bertz CT molecular complexity index is 388. The number of hydrazine groups is 1. The van der Waals surface area contributed by atoms with Gasteiger partial charge in [-0.1, -0.05) is 29.8 Å². The van der Waals surface area contributed by atoms with E-state index < -0.39 is 11.6 Å². The molecule has 0 amide bonds. The predicted molar refractivity (Wildman–Crippen MR) is 74.5 cm³/mol. The van der Waals surface area contributed by atoms with Gasteiger partial charge < -0.3 is 4.74 Å². The van der Waals surface area contributed by atoms with Crippen LogP contribution in [0.1, 0.15) is 38.3 Å². The number of ether oxygens (including phenoxy) is 1. The number of nitrogens with two attached hydrogens (primary N) is 1. The van der Waals surface area contributed by atoms with Crippen LogP contribution in [-0.2, 0) is 4.74 Å². The second kappa shape index (κ2) is 6.61. The predicted octanol–water partition coefficient (Wildman–Crippen LogP) is 3.30. The summed E-state index contributed by atoms with van der Waals surface area (Å²) in [6.45, 7) is 4.01. The molecule has 0 aliphatic carbocycles. The molecule has 1 unspecified atom stereocenters. The van der Waals surface area contributed by atoms with Crippen LogP contribution in [0.15, 0.2) is 22.7 Å². The molecule has 3 nitrogen and oxygen atoms in total. The molecule has 3 N–H and O–H groups in total. The molecular formula is C13H20BrFN2O. The molecule has 102 valence electrons. The molecule has 0 saturated heterocycles. The fraction of sp³-hybridized carbons (Fsp3) is 0.538. The molecule has 0 saturated carbocycles. The average Bonchev–Trinajstić information content (AvgIpc) is 2.39. The van der Waals surface area contributed by atoms with Crippen LogP contribution in [0.4, 0.5) is 4.39 Å². The summed E-state index contributed by atoms with van der Waals surface area (Å²) in [4.78, 5) is 0. The van der Waals surface area contributed by atoms with E-state index in [1.165, 1.54) is 6.07 Å². The Morgan fingerprint density at radius 3 is 2.50 bits per heavy atom. The standard InChI is InChI=1S/C13H20BrFN2O/c1-4-13(5-2,18-3)12(17-16)10-8-9(14)6-7-11(10)15/h6-8,12,17H,4-5,16H2,1-3H3. The maximum Gasteiger partial charge on any atom is 0.128 e. The SMILES string of the molecule is CCC(CC)(OC)C(NN)c1cc(Br)ccc1F. The highest BCUT2D eigenvalue weighted by Crippen LogP contribution is 2.36. The summed E-state index contributed by atoms with van der Waals surface area (Å²) in [6, 6.07) is 4.43. The zero-order valence-electron chi connectivity index (χ0n) is 11.0. The van der Waals surface area contributed by atoms with E-state index in [-0.39, 0.29) is 5.82 Å².